The van der Waals surface area contributed by atoms with Crippen LogP contribution in [-0.4, -0.2) is 70.5 Å². The minimum atomic E-state index is -3.29. The Kier molecular flexibility index (Phi) is 6.88. The standard InChI is InChI=1S/C14H30N4O2S/c1-15-13-14-5-10-18(11-6-14)21(19,20)16-7-12-17-8-3-2-4-9-17/h14-16H,2-13H2,1H3. The summed E-state index contributed by atoms with van der Waals surface area (Å²) in [6, 6.07) is 0. The SMILES string of the molecule is CNCC1CCN(S(=O)(=O)NCCN2CCCCC2)CC1. The van der Waals surface area contributed by atoms with Gasteiger partial charge in [-0.1, -0.05) is 6.42 Å². The van der Waals surface area contributed by atoms with Crippen LogP contribution in [0, 0.1) is 5.92 Å². The minimum absolute atomic E-state index is 0.527. The van der Waals surface area contributed by atoms with Crippen molar-refractivity contribution in [1.29, 1.82) is 0 Å². The highest BCUT2D eigenvalue weighted by Crippen LogP contribution is 2.18. The molecule has 0 spiro atoms. The summed E-state index contributed by atoms with van der Waals surface area (Å²) in [6.07, 6.45) is 5.70. The molecular weight excluding hydrogens is 288 g/mol. The molecule has 0 amide bonds. The largest absolute Gasteiger partial charge is 0.319 e. The molecule has 124 valence electrons. The van der Waals surface area contributed by atoms with Crippen molar-refractivity contribution in [3.63, 3.8) is 0 Å². The van der Waals surface area contributed by atoms with Crippen LogP contribution < -0.4 is 10.0 Å². The van der Waals surface area contributed by atoms with E-state index in [1.54, 1.807) is 4.31 Å². The van der Waals surface area contributed by atoms with Gasteiger partial charge in [0.05, 0.1) is 0 Å². The van der Waals surface area contributed by atoms with Gasteiger partial charge in [0.2, 0.25) is 0 Å². The number of nitrogens with zero attached hydrogens (tertiary/aromatic N) is 2. The summed E-state index contributed by atoms with van der Waals surface area (Å²) in [6.45, 7) is 5.84. The molecule has 0 aromatic carbocycles. The Morgan fingerprint density at radius 2 is 1.71 bits per heavy atom. The zero-order valence-electron chi connectivity index (χ0n) is 13.2. The fourth-order valence-corrected chi connectivity index (χ4v) is 4.47. The van der Waals surface area contributed by atoms with E-state index in [1.165, 1.54) is 19.3 Å². The highest BCUT2D eigenvalue weighted by atomic mass is 32.2. The molecule has 7 heteroatoms. The van der Waals surface area contributed by atoms with Crippen molar-refractivity contribution in [3.8, 4) is 0 Å². The molecule has 2 saturated heterocycles. The number of hydrogen-bond donors (Lipinski definition) is 2. The van der Waals surface area contributed by atoms with E-state index >= 15 is 0 Å². The maximum atomic E-state index is 12.3. The lowest BCUT2D eigenvalue weighted by Crippen LogP contribution is -2.47. The zero-order chi connectivity index (χ0) is 15.1. The second kappa shape index (κ2) is 8.43. The number of piperidine rings is 2. The molecule has 0 aliphatic carbocycles. The van der Waals surface area contributed by atoms with Crippen LogP contribution in [0.15, 0.2) is 0 Å². The van der Waals surface area contributed by atoms with Gasteiger partial charge in [-0.3, -0.25) is 0 Å². The molecule has 2 rings (SSSR count). The average molecular weight is 318 g/mol. The fourth-order valence-electron chi connectivity index (χ4n) is 3.25. The van der Waals surface area contributed by atoms with Gasteiger partial charge in [-0.05, 0) is 58.3 Å². The van der Waals surface area contributed by atoms with E-state index in [4.69, 9.17) is 0 Å². The highest BCUT2D eigenvalue weighted by molar-refractivity contribution is 7.87. The maximum Gasteiger partial charge on any atom is 0.279 e. The van der Waals surface area contributed by atoms with Crippen LogP contribution in [0.5, 0.6) is 0 Å². The predicted octanol–water partition coefficient (Wildman–Crippen LogP) is 0.238. The summed E-state index contributed by atoms with van der Waals surface area (Å²) in [7, 11) is -1.34. The van der Waals surface area contributed by atoms with Gasteiger partial charge in [0.15, 0.2) is 0 Å². The Labute approximate surface area is 129 Å². The highest BCUT2D eigenvalue weighted by Gasteiger charge is 2.27. The van der Waals surface area contributed by atoms with Crippen molar-refractivity contribution in [2.24, 2.45) is 5.92 Å². The molecule has 21 heavy (non-hydrogen) atoms. The molecular formula is C14H30N4O2S. The van der Waals surface area contributed by atoms with Gasteiger partial charge in [0, 0.05) is 26.2 Å². The average Bonchev–Trinajstić information content (AvgIpc) is 2.49. The second-order valence-electron chi connectivity index (χ2n) is 6.20. The number of nitrogens with one attached hydrogen (secondary N) is 2. The number of rotatable bonds is 7. The first-order valence-electron chi connectivity index (χ1n) is 8.23. The van der Waals surface area contributed by atoms with Crippen LogP contribution in [0.25, 0.3) is 0 Å². The normalized spacial score (nSPS) is 23.5. The van der Waals surface area contributed by atoms with Crippen LogP contribution >= 0.6 is 0 Å². The van der Waals surface area contributed by atoms with Crippen LogP contribution in [0.2, 0.25) is 0 Å². The minimum Gasteiger partial charge on any atom is -0.319 e. The van der Waals surface area contributed by atoms with Gasteiger partial charge >= 0.3 is 0 Å². The van der Waals surface area contributed by atoms with Crippen molar-refractivity contribution in [2.45, 2.75) is 32.1 Å². The lowest BCUT2D eigenvalue weighted by molar-refractivity contribution is 0.230. The van der Waals surface area contributed by atoms with E-state index in [2.05, 4.69) is 14.9 Å². The van der Waals surface area contributed by atoms with Gasteiger partial charge in [-0.25, -0.2) is 4.72 Å². The molecule has 0 aromatic heterocycles. The van der Waals surface area contributed by atoms with Crippen LogP contribution in [0.3, 0.4) is 0 Å². The van der Waals surface area contributed by atoms with Crippen molar-refractivity contribution in [3.05, 3.63) is 0 Å². The Bertz CT molecular complexity index is 388. The van der Waals surface area contributed by atoms with E-state index < -0.39 is 10.2 Å². The summed E-state index contributed by atoms with van der Waals surface area (Å²) in [5, 5.41) is 3.17. The third-order valence-electron chi connectivity index (χ3n) is 4.57. The molecule has 0 aromatic rings. The number of likely N-dealkylation sites (tertiary alicyclic amines) is 1. The molecule has 2 N–H and O–H groups in total. The van der Waals surface area contributed by atoms with Crippen LogP contribution in [-0.2, 0) is 10.2 Å². The van der Waals surface area contributed by atoms with E-state index in [1.807, 2.05) is 7.05 Å². The third kappa shape index (κ3) is 5.49. The van der Waals surface area contributed by atoms with E-state index in [-0.39, 0.29) is 0 Å². The Balaban J connectivity index is 1.69. The van der Waals surface area contributed by atoms with Crippen LogP contribution in [0.4, 0.5) is 0 Å². The molecule has 0 saturated carbocycles. The van der Waals surface area contributed by atoms with Crippen LogP contribution in [0.1, 0.15) is 32.1 Å². The van der Waals surface area contributed by atoms with E-state index in [9.17, 15) is 8.42 Å². The Morgan fingerprint density at radius 1 is 1.05 bits per heavy atom. The quantitative estimate of drug-likeness (QED) is 0.706. The summed E-state index contributed by atoms with van der Waals surface area (Å²) >= 11 is 0. The number of hydrogen-bond acceptors (Lipinski definition) is 4. The van der Waals surface area contributed by atoms with Crippen molar-refractivity contribution in [1.82, 2.24) is 19.2 Å². The summed E-state index contributed by atoms with van der Waals surface area (Å²) in [5.74, 6) is 0.606. The van der Waals surface area contributed by atoms with E-state index in [0.717, 1.165) is 39.0 Å². The predicted molar refractivity (Wildman–Crippen MR) is 85.4 cm³/mol. The topological polar surface area (TPSA) is 64.7 Å². The van der Waals surface area contributed by atoms with Gasteiger partial charge < -0.3 is 10.2 Å². The van der Waals surface area contributed by atoms with Gasteiger partial charge in [0.25, 0.3) is 10.2 Å². The fraction of sp³-hybridized carbons (Fsp3) is 1.00. The van der Waals surface area contributed by atoms with Gasteiger partial charge in [-0.2, -0.15) is 12.7 Å². The third-order valence-corrected chi connectivity index (χ3v) is 6.18. The summed E-state index contributed by atoms with van der Waals surface area (Å²) < 4.78 is 28.9. The van der Waals surface area contributed by atoms with Crippen molar-refractivity contribution in [2.75, 3.05) is 52.9 Å². The molecule has 6 nitrogen and oxygen atoms in total. The summed E-state index contributed by atoms with van der Waals surface area (Å²) in [4.78, 5) is 2.35. The molecule has 0 unspecified atom stereocenters. The molecule has 2 fully saturated rings. The monoisotopic (exact) mass is 318 g/mol. The zero-order valence-corrected chi connectivity index (χ0v) is 14.0. The Hall–Kier alpha value is -0.210. The molecule has 2 heterocycles. The first kappa shape index (κ1) is 17.1. The molecule has 2 aliphatic rings. The smallest absolute Gasteiger partial charge is 0.279 e. The van der Waals surface area contributed by atoms with Gasteiger partial charge in [0.1, 0.15) is 0 Å². The molecule has 0 atom stereocenters. The maximum absolute atomic E-state index is 12.3. The Morgan fingerprint density at radius 3 is 2.33 bits per heavy atom. The lowest BCUT2D eigenvalue weighted by Gasteiger charge is -2.31. The first-order valence-corrected chi connectivity index (χ1v) is 9.67. The first-order chi connectivity index (χ1) is 10.1. The summed E-state index contributed by atoms with van der Waals surface area (Å²) in [5.41, 5.74) is 0. The molecule has 0 bridgehead atoms. The van der Waals surface area contributed by atoms with Crippen molar-refractivity contribution >= 4 is 10.2 Å². The lowest BCUT2D eigenvalue weighted by atomic mass is 9.98. The second-order valence-corrected chi connectivity index (χ2v) is 7.96. The molecule has 2 aliphatic heterocycles. The van der Waals surface area contributed by atoms with Gasteiger partial charge in [-0.15, -0.1) is 0 Å². The molecule has 0 radical (unpaired) electrons. The van der Waals surface area contributed by atoms with Crippen molar-refractivity contribution < 1.29 is 8.42 Å². The van der Waals surface area contributed by atoms with E-state index in [0.29, 0.717) is 25.6 Å².